The topological polar surface area (TPSA) is 66.9 Å². The minimum absolute atomic E-state index is 0.116. The van der Waals surface area contributed by atoms with Gasteiger partial charge < -0.3 is 9.64 Å². The number of benzene rings is 2. The Balaban J connectivity index is 1.59. The van der Waals surface area contributed by atoms with E-state index in [4.69, 9.17) is 4.74 Å². The largest absolute Gasteiger partial charge is 0.377 e. The van der Waals surface area contributed by atoms with E-state index >= 15 is 0 Å². The van der Waals surface area contributed by atoms with E-state index in [2.05, 4.69) is 0 Å². The van der Waals surface area contributed by atoms with E-state index in [-0.39, 0.29) is 42.4 Å². The average Bonchev–Trinajstić information content (AvgIpc) is 3.54. The molecule has 3 aromatic rings. The number of nitrogens with zero attached hydrogens (tertiary/aromatic N) is 2. The van der Waals surface area contributed by atoms with Gasteiger partial charge in [-0.3, -0.25) is 4.79 Å². The van der Waals surface area contributed by atoms with E-state index in [0.29, 0.717) is 13.2 Å². The predicted molar refractivity (Wildman–Crippen MR) is 134 cm³/mol. The summed E-state index contributed by atoms with van der Waals surface area (Å²) in [4.78, 5) is 16.3. The summed E-state index contributed by atoms with van der Waals surface area (Å²) in [6.07, 6.45) is 1.38. The molecule has 1 aromatic heterocycles. The molecule has 1 atom stereocenters. The maximum atomic E-state index is 13.6. The Morgan fingerprint density at radius 2 is 1.83 bits per heavy atom. The van der Waals surface area contributed by atoms with Gasteiger partial charge in [0.1, 0.15) is 5.82 Å². The third kappa shape index (κ3) is 6.76. The summed E-state index contributed by atoms with van der Waals surface area (Å²) in [6.45, 7) is 2.88. The van der Waals surface area contributed by atoms with Gasteiger partial charge in [-0.1, -0.05) is 35.9 Å². The zero-order valence-corrected chi connectivity index (χ0v) is 21.2. The minimum Gasteiger partial charge on any atom is -0.377 e. The van der Waals surface area contributed by atoms with Crippen LogP contribution in [0.5, 0.6) is 0 Å². The van der Waals surface area contributed by atoms with E-state index in [9.17, 15) is 17.6 Å². The molecule has 186 valence electrons. The van der Waals surface area contributed by atoms with Crippen LogP contribution in [0.2, 0.25) is 0 Å². The highest BCUT2D eigenvalue weighted by Crippen LogP contribution is 2.22. The van der Waals surface area contributed by atoms with Crippen molar-refractivity contribution in [3.05, 3.63) is 87.9 Å². The minimum atomic E-state index is -3.92. The lowest BCUT2D eigenvalue weighted by molar-refractivity contribution is -0.132. The average molecular weight is 517 g/mol. The number of thiophene rings is 1. The third-order valence-electron chi connectivity index (χ3n) is 5.97. The molecule has 0 spiro atoms. The lowest BCUT2D eigenvalue weighted by Gasteiger charge is -2.28. The van der Waals surface area contributed by atoms with Gasteiger partial charge in [0.2, 0.25) is 15.9 Å². The Bertz CT molecular complexity index is 1210. The number of amides is 1. The normalized spacial score (nSPS) is 16.0. The summed E-state index contributed by atoms with van der Waals surface area (Å²) in [5.41, 5.74) is 1.72. The summed E-state index contributed by atoms with van der Waals surface area (Å²) in [6, 6.07) is 16.5. The smallest absolute Gasteiger partial charge is 0.243 e. The Labute approximate surface area is 210 Å². The van der Waals surface area contributed by atoms with Crippen LogP contribution in [0.25, 0.3) is 0 Å². The fraction of sp³-hybridized carbons (Fsp3) is 0.346. The maximum Gasteiger partial charge on any atom is 0.243 e. The van der Waals surface area contributed by atoms with Crippen LogP contribution in [0.4, 0.5) is 4.39 Å². The first-order chi connectivity index (χ1) is 16.8. The van der Waals surface area contributed by atoms with Crippen LogP contribution in [0.1, 0.15) is 28.8 Å². The molecule has 0 saturated carbocycles. The quantitative estimate of drug-likeness (QED) is 0.395. The van der Waals surface area contributed by atoms with Gasteiger partial charge >= 0.3 is 0 Å². The van der Waals surface area contributed by atoms with E-state index < -0.39 is 10.0 Å². The van der Waals surface area contributed by atoms with Gasteiger partial charge in [0.05, 0.1) is 24.1 Å². The van der Waals surface area contributed by atoms with Crippen LogP contribution >= 0.6 is 11.3 Å². The molecule has 0 radical (unpaired) electrons. The molecule has 0 unspecified atom stereocenters. The molecular weight excluding hydrogens is 487 g/mol. The van der Waals surface area contributed by atoms with Crippen LogP contribution in [-0.4, -0.2) is 49.3 Å². The number of carbonyl (C=O) groups excluding carboxylic acids is 1. The SMILES string of the molecule is Cc1ccc(S(=O)(=O)N(CC(=O)N(Cc2ccc(F)cc2)Cc2cccs2)C[C@H]2CCCO2)cc1. The standard InChI is InChI=1S/C26H29FN2O4S2/c1-20-6-12-25(13-7-20)35(31,32)29(17-23-4-2-14-33-23)19-26(30)28(18-24-5-3-15-34-24)16-21-8-10-22(27)11-9-21/h3,5-13,15,23H,2,4,14,16-19H2,1H3/t23-/m1/s1. The number of hydrogen-bond acceptors (Lipinski definition) is 5. The van der Waals surface area contributed by atoms with E-state index in [1.807, 2.05) is 24.4 Å². The summed E-state index contributed by atoms with van der Waals surface area (Å²) >= 11 is 1.52. The van der Waals surface area contributed by atoms with Gasteiger partial charge in [0.25, 0.3) is 0 Å². The molecule has 1 amide bonds. The van der Waals surface area contributed by atoms with Crippen molar-refractivity contribution in [2.75, 3.05) is 19.7 Å². The fourth-order valence-corrected chi connectivity index (χ4v) is 6.15. The van der Waals surface area contributed by atoms with Crippen molar-refractivity contribution in [3.63, 3.8) is 0 Å². The van der Waals surface area contributed by atoms with Crippen LogP contribution < -0.4 is 0 Å². The van der Waals surface area contributed by atoms with Crippen LogP contribution in [0, 0.1) is 12.7 Å². The molecule has 1 fully saturated rings. The Hall–Kier alpha value is -2.59. The maximum absolute atomic E-state index is 13.6. The number of carbonyl (C=O) groups is 1. The van der Waals surface area contributed by atoms with Crippen molar-refractivity contribution in [2.24, 2.45) is 0 Å². The van der Waals surface area contributed by atoms with Crippen molar-refractivity contribution >= 4 is 27.3 Å². The molecule has 9 heteroatoms. The molecule has 0 bridgehead atoms. The van der Waals surface area contributed by atoms with Gasteiger partial charge in [0, 0.05) is 24.6 Å². The molecule has 0 aliphatic carbocycles. The first kappa shape index (κ1) is 25.5. The van der Waals surface area contributed by atoms with Gasteiger partial charge in [-0.15, -0.1) is 11.3 Å². The van der Waals surface area contributed by atoms with Crippen molar-refractivity contribution in [1.29, 1.82) is 0 Å². The van der Waals surface area contributed by atoms with Crippen molar-refractivity contribution in [1.82, 2.24) is 9.21 Å². The van der Waals surface area contributed by atoms with E-state index in [0.717, 1.165) is 28.8 Å². The van der Waals surface area contributed by atoms with Crippen molar-refractivity contribution in [2.45, 2.75) is 43.9 Å². The number of rotatable bonds is 10. The van der Waals surface area contributed by atoms with Crippen molar-refractivity contribution in [3.8, 4) is 0 Å². The number of sulfonamides is 1. The van der Waals surface area contributed by atoms with E-state index in [1.54, 1.807) is 41.3 Å². The second-order valence-corrected chi connectivity index (χ2v) is 11.7. The molecular formula is C26H29FN2O4S2. The number of hydrogen-bond donors (Lipinski definition) is 0. The first-order valence-corrected chi connectivity index (χ1v) is 13.9. The lowest BCUT2D eigenvalue weighted by atomic mass is 10.2. The van der Waals surface area contributed by atoms with Gasteiger partial charge in [-0.2, -0.15) is 4.31 Å². The first-order valence-electron chi connectivity index (χ1n) is 11.5. The second-order valence-electron chi connectivity index (χ2n) is 8.70. The van der Waals surface area contributed by atoms with Gasteiger partial charge in [-0.25, -0.2) is 12.8 Å². The highest BCUT2D eigenvalue weighted by Gasteiger charge is 2.32. The van der Waals surface area contributed by atoms with Crippen LogP contribution in [-0.2, 0) is 32.6 Å². The zero-order chi connectivity index (χ0) is 24.8. The second kappa shape index (κ2) is 11.4. The highest BCUT2D eigenvalue weighted by molar-refractivity contribution is 7.89. The third-order valence-corrected chi connectivity index (χ3v) is 8.65. The van der Waals surface area contributed by atoms with Gasteiger partial charge in [0.15, 0.2) is 0 Å². The van der Waals surface area contributed by atoms with E-state index in [1.165, 1.54) is 27.8 Å². The molecule has 2 heterocycles. The number of halogens is 1. The molecule has 6 nitrogen and oxygen atoms in total. The summed E-state index contributed by atoms with van der Waals surface area (Å²) < 4.78 is 47.5. The monoisotopic (exact) mass is 516 g/mol. The molecule has 35 heavy (non-hydrogen) atoms. The lowest BCUT2D eigenvalue weighted by Crippen LogP contribution is -2.45. The highest BCUT2D eigenvalue weighted by atomic mass is 32.2. The Morgan fingerprint density at radius 3 is 2.46 bits per heavy atom. The Kier molecular flexibility index (Phi) is 8.33. The molecule has 1 aliphatic rings. The molecule has 1 aliphatic heterocycles. The molecule has 0 N–H and O–H groups in total. The molecule has 4 rings (SSSR count). The van der Waals surface area contributed by atoms with Crippen LogP contribution in [0.3, 0.4) is 0 Å². The molecule has 1 saturated heterocycles. The molecule has 2 aromatic carbocycles. The van der Waals surface area contributed by atoms with Gasteiger partial charge in [-0.05, 0) is 61.0 Å². The summed E-state index contributed by atoms with van der Waals surface area (Å²) in [7, 11) is -3.92. The number of ether oxygens (including phenoxy) is 1. The van der Waals surface area contributed by atoms with Crippen LogP contribution in [0.15, 0.2) is 70.9 Å². The summed E-state index contributed by atoms with van der Waals surface area (Å²) in [5.74, 6) is -0.673. The predicted octanol–water partition coefficient (Wildman–Crippen LogP) is 4.59. The van der Waals surface area contributed by atoms with Crippen molar-refractivity contribution < 1.29 is 22.3 Å². The zero-order valence-electron chi connectivity index (χ0n) is 19.6. The summed E-state index contributed by atoms with van der Waals surface area (Å²) in [5, 5.41) is 1.93. The fourth-order valence-electron chi connectivity index (χ4n) is 4.01. The number of aryl methyl sites for hydroxylation is 1. The Morgan fingerprint density at radius 1 is 1.09 bits per heavy atom.